The molecule has 9 nitrogen and oxygen atoms in total. The molecule has 0 radical (unpaired) electrons. The van der Waals surface area contributed by atoms with Crippen LogP contribution in [0.4, 0.5) is 4.79 Å². The molecular weight excluding hydrogens is 432 g/mol. The second kappa shape index (κ2) is 9.88. The Bertz CT molecular complexity index is 964. The summed E-state index contributed by atoms with van der Waals surface area (Å²) in [5.74, 6) is 0.00533. The van der Waals surface area contributed by atoms with E-state index in [1.165, 1.54) is 0 Å². The summed E-state index contributed by atoms with van der Waals surface area (Å²) in [6.45, 7) is 3.29. The number of carboxylic acid groups (broad SMARTS) is 1. The Hall–Kier alpha value is -2.64. The van der Waals surface area contributed by atoms with E-state index in [1.807, 2.05) is 17.0 Å². The van der Waals surface area contributed by atoms with E-state index >= 15 is 0 Å². The zero-order valence-corrected chi connectivity index (χ0v) is 19.1. The molecule has 2 aliphatic carbocycles. The number of piperazine rings is 1. The monoisotopic (exact) mass is 462 g/mol. The standard InChI is InChI=1S/C17H24N2O3S.C5H6N2O2/c1-18-9-11-19(12-10-18)17(20)14-7-8-16(13-14)23(21,22)15-5-3-2-4-6-15;6-3-5(1-2-5)7-4(8)9/h2-6,14,16H,7-13H2,1H3;7H,1-2H2,(H,8,9)/t14-,16-;/m1./s1. The number of rotatable bonds is 4. The fourth-order valence-electron chi connectivity index (χ4n) is 4.13. The average molecular weight is 463 g/mol. The smallest absolute Gasteiger partial charge is 0.405 e. The lowest BCUT2D eigenvalue weighted by molar-refractivity contribution is -0.136. The van der Waals surface area contributed by atoms with Crippen molar-refractivity contribution in [2.45, 2.75) is 47.8 Å². The van der Waals surface area contributed by atoms with Gasteiger partial charge in [-0.3, -0.25) is 4.79 Å². The van der Waals surface area contributed by atoms with Gasteiger partial charge in [0.1, 0.15) is 5.54 Å². The Kier molecular flexibility index (Phi) is 7.41. The molecule has 2 atom stereocenters. The zero-order valence-electron chi connectivity index (χ0n) is 18.2. The van der Waals surface area contributed by atoms with Crippen molar-refractivity contribution < 1.29 is 23.1 Å². The number of carbonyl (C=O) groups excluding carboxylic acids is 1. The molecule has 1 aliphatic heterocycles. The molecule has 0 aromatic heterocycles. The van der Waals surface area contributed by atoms with E-state index in [9.17, 15) is 18.0 Å². The maximum Gasteiger partial charge on any atom is 0.405 e. The van der Waals surface area contributed by atoms with Crippen LogP contribution in [-0.2, 0) is 14.6 Å². The number of hydrogen-bond donors (Lipinski definition) is 2. The Morgan fingerprint density at radius 2 is 1.75 bits per heavy atom. The largest absolute Gasteiger partial charge is 0.465 e. The molecule has 1 saturated heterocycles. The number of amides is 2. The number of carbonyl (C=O) groups is 2. The van der Waals surface area contributed by atoms with E-state index in [0.29, 0.717) is 37.0 Å². The van der Waals surface area contributed by atoms with Crippen LogP contribution < -0.4 is 5.32 Å². The maximum absolute atomic E-state index is 12.7. The van der Waals surface area contributed by atoms with Gasteiger partial charge in [-0.15, -0.1) is 0 Å². The van der Waals surface area contributed by atoms with Gasteiger partial charge in [-0.2, -0.15) is 5.26 Å². The van der Waals surface area contributed by atoms with Crippen LogP contribution in [0.5, 0.6) is 0 Å². The molecule has 0 spiro atoms. The van der Waals surface area contributed by atoms with Gasteiger partial charge in [0.2, 0.25) is 5.91 Å². The van der Waals surface area contributed by atoms with Crippen molar-refractivity contribution in [1.29, 1.82) is 5.26 Å². The minimum atomic E-state index is -3.32. The van der Waals surface area contributed by atoms with Gasteiger partial charge < -0.3 is 20.2 Å². The highest BCUT2D eigenvalue weighted by atomic mass is 32.2. The van der Waals surface area contributed by atoms with E-state index in [-0.39, 0.29) is 11.8 Å². The minimum Gasteiger partial charge on any atom is -0.465 e. The Morgan fingerprint density at radius 3 is 2.25 bits per heavy atom. The highest BCUT2D eigenvalue weighted by Gasteiger charge is 2.44. The first-order valence-corrected chi connectivity index (χ1v) is 12.4. The number of hydrogen-bond acceptors (Lipinski definition) is 6. The average Bonchev–Trinajstić information content (AvgIpc) is 3.36. The fourth-order valence-corrected chi connectivity index (χ4v) is 5.98. The molecule has 174 valence electrons. The van der Waals surface area contributed by atoms with Crippen LogP contribution in [-0.4, -0.2) is 79.3 Å². The molecule has 0 unspecified atom stereocenters. The van der Waals surface area contributed by atoms with Gasteiger partial charge in [-0.25, -0.2) is 13.2 Å². The molecule has 4 rings (SSSR count). The van der Waals surface area contributed by atoms with Crippen LogP contribution >= 0.6 is 0 Å². The van der Waals surface area contributed by atoms with Gasteiger partial charge in [0.15, 0.2) is 9.84 Å². The van der Waals surface area contributed by atoms with Gasteiger partial charge in [-0.05, 0) is 51.3 Å². The summed E-state index contributed by atoms with van der Waals surface area (Å²) < 4.78 is 25.4. The van der Waals surface area contributed by atoms with E-state index in [2.05, 4.69) is 17.3 Å². The fraction of sp³-hybridized carbons (Fsp3) is 0.591. The lowest BCUT2D eigenvalue weighted by Crippen LogP contribution is -2.48. The molecule has 1 aromatic rings. The first-order chi connectivity index (χ1) is 15.2. The molecule has 3 fully saturated rings. The van der Waals surface area contributed by atoms with Gasteiger partial charge >= 0.3 is 6.09 Å². The summed E-state index contributed by atoms with van der Waals surface area (Å²) in [5, 5.41) is 18.2. The number of nitrogens with one attached hydrogen (secondary N) is 1. The zero-order chi connectivity index (χ0) is 23.4. The van der Waals surface area contributed by atoms with Crippen LogP contribution in [0.2, 0.25) is 0 Å². The SMILES string of the molecule is CN1CCN(C(=O)[C@@H]2CC[C@@H](S(=O)(=O)c3ccccc3)C2)CC1.N#CC1(NC(=O)O)CC1. The summed E-state index contributed by atoms with van der Waals surface area (Å²) >= 11 is 0. The molecule has 3 aliphatic rings. The van der Waals surface area contributed by atoms with Gasteiger partial charge in [0.05, 0.1) is 16.2 Å². The summed E-state index contributed by atoms with van der Waals surface area (Å²) in [6, 6.07) is 10.5. The number of sulfone groups is 1. The summed E-state index contributed by atoms with van der Waals surface area (Å²) in [4.78, 5) is 27.1. The Labute approximate surface area is 188 Å². The summed E-state index contributed by atoms with van der Waals surface area (Å²) in [6.07, 6.45) is 1.91. The van der Waals surface area contributed by atoms with Crippen molar-refractivity contribution >= 4 is 21.8 Å². The number of likely N-dealkylation sites (N-methyl/N-ethyl adjacent to an activating group) is 1. The third-order valence-electron chi connectivity index (χ3n) is 6.37. The number of nitrogens with zero attached hydrogens (tertiary/aromatic N) is 3. The van der Waals surface area contributed by atoms with Gasteiger partial charge in [0, 0.05) is 32.1 Å². The molecule has 2 N–H and O–H groups in total. The minimum absolute atomic E-state index is 0.137. The van der Waals surface area contributed by atoms with Crippen molar-refractivity contribution in [1.82, 2.24) is 15.1 Å². The normalized spacial score (nSPS) is 24.6. The molecule has 32 heavy (non-hydrogen) atoms. The highest BCUT2D eigenvalue weighted by Crippen LogP contribution is 2.35. The van der Waals surface area contributed by atoms with Gasteiger partial charge in [0.25, 0.3) is 0 Å². The van der Waals surface area contributed by atoms with E-state index < -0.39 is 26.7 Å². The lowest BCUT2D eigenvalue weighted by Gasteiger charge is -2.34. The molecular formula is C22H30N4O5S. The van der Waals surface area contributed by atoms with Crippen molar-refractivity contribution in [2.75, 3.05) is 33.2 Å². The lowest BCUT2D eigenvalue weighted by atomic mass is 10.1. The maximum atomic E-state index is 12.7. The number of nitriles is 1. The quantitative estimate of drug-likeness (QED) is 0.696. The van der Waals surface area contributed by atoms with Crippen molar-refractivity contribution in [3.63, 3.8) is 0 Å². The topological polar surface area (TPSA) is 131 Å². The highest BCUT2D eigenvalue weighted by molar-refractivity contribution is 7.92. The van der Waals surface area contributed by atoms with E-state index in [0.717, 1.165) is 26.2 Å². The molecule has 2 amide bonds. The summed E-state index contributed by atoms with van der Waals surface area (Å²) in [7, 11) is -1.27. The Morgan fingerprint density at radius 1 is 1.12 bits per heavy atom. The first kappa shape index (κ1) is 24.0. The van der Waals surface area contributed by atoms with Crippen LogP contribution in [0.25, 0.3) is 0 Å². The molecule has 1 heterocycles. The van der Waals surface area contributed by atoms with E-state index in [4.69, 9.17) is 10.4 Å². The van der Waals surface area contributed by atoms with E-state index in [1.54, 1.807) is 24.3 Å². The van der Waals surface area contributed by atoms with Crippen LogP contribution in [0, 0.1) is 17.2 Å². The van der Waals surface area contributed by atoms with Crippen LogP contribution in [0.1, 0.15) is 32.1 Å². The molecule has 0 bridgehead atoms. The van der Waals surface area contributed by atoms with Gasteiger partial charge in [-0.1, -0.05) is 18.2 Å². The summed E-state index contributed by atoms with van der Waals surface area (Å²) in [5.41, 5.74) is -0.730. The third-order valence-corrected chi connectivity index (χ3v) is 8.60. The predicted octanol–water partition coefficient (Wildman–Crippen LogP) is 1.71. The van der Waals surface area contributed by atoms with Crippen molar-refractivity contribution in [2.24, 2.45) is 5.92 Å². The third kappa shape index (κ3) is 5.78. The van der Waals surface area contributed by atoms with Crippen molar-refractivity contribution in [3.05, 3.63) is 30.3 Å². The second-order valence-corrected chi connectivity index (χ2v) is 11.0. The molecule has 1 aromatic carbocycles. The Balaban J connectivity index is 0.000000269. The number of benzene rings is 1. The second-order valence-electron chi connectivity index (χ2n) is 8.74. The first-order valence-electron chi connectivity index (χ1n) is 10.9. The predicted molar refractivity (Wildman–Crippen MR) is 118 cm³/mol. The van der Waals surface area contributed by atoms with Crippen molar-refractivity contribution in [3.8, 4) is 6.07 Å². The van der Waals surface area contributed by atoms with Crippen LogP contribution in [0.15, 0.2) is 35.2 Å². The molecule has 2 saturated carbocycles. The van der Waals surface area contributed by atoms with Crippen LogP contribution in [0.3, 0.4) is 0 Å². The molecule has 10 heteroatoms.